The Morgan fingerprint density at radius 3 is 2.46 bits per heavy atom. The van der Waals surface area contributed by atoms with Crippen LogP contribution in [0.5, 0.6) is 0 Å². The average molecular weight is 408 g/mol. The lowest BCUT2D eigenvalue weighted by molar-refractivity contribution is 0.0711. The number of benzene rings is 1. The van der Waals surface area contributed by atoms with E-state index in [9.17, 15) is 13.2 Å². The number of anilines is 2. The summed E-state index contributed by atoms with van der Waals surface area (Å²) in [6.07, 6.45) is 2.82. The molecular weight excluding hydrogens is 378 g/mol. The van der Waals surface area contributed by atoms with E-state index in [4.69, 9.17) is 4.42 Å². The summed E-state index contributed by atoms with van der Waals surface area (Å²) in [6.45, 7) is 4.75. The van der Waals surface area contributed by atoms with E-state index in [1.807, 2.05) is 38.9 Å². The van der Waals surface area contributed by atoms with Crippen molar-refractivity contribution in [3.05, 3.63) is 47.9 Å². The summed E-state index contributed by atoms with van der Waals surface area (Å²) in [4.78, 5) is 16.4. The Bertz CT molecular complexity index is 877. The maximum atomic E-state index is 12.8. The van der Waals surface area contributed by atoms with Crippen LogP contribution in [0.2, 0.25) is 0 Å². The van der Waals surface area contributed by atoms with Crippen LogP contribution in [0.25, 0.3) is 0 Å². The quantitative estimate of drug-likeness (QED) is 0.651. The first-order valence-corrected chi connectivity index (χ1v) is 11.1. The summed E-state index contributed by atoms with van der Waals surface area (Å²) >= 11 is 0. The van der Waals surface area contributed by atoms with Crippen molar-refractivity contribution < 1.29 is 17.6 Å². The van der Waals surface area contributed by atoms with Gasteiger partial charge in [-0.05, 0) is 48.7 Å². The fourth-order valence-corrected chi connectivity index (χ4v) is 4.12. The van der Waals surface area contributed by atoms with Gasteiger partial charge in [-0.2, -0.15) is 0 Å². The first-order chi connectivity index (χ1) is 13.3. The van der Waals surface area contributed by atoms with Crippen molar-refractivity contribution in [2.45, 2.75) is 33.2 Å². The van der Waals surface area contributed by atoms with Crippen LogP contribution >= 0.6 is 0 Å². The van der Waals surface area contributed by atoms with Gasteiger partial charge in [0.1, 0.15) is 0 Å². The number of hydrogen-bond acceptors (Lipinski definition) is 5. The predicted octanol–water partition coefficient (Wildman–Crippen LogP) is 3.55. The summed E-state index contributed by atoms with van der Waals surface area (Å²) < 4.78 is 32.1. The predicted molar refractivity (Wildman–Crippen MR) is 112 cm³/mol. The van der Waals surface area contributed by atoms with Gasteiger partial charge in [0.05, 0.1) is 12.0 Å². The van der Waals surface area contributed by atoms with Crippen molar-refractivity contribution >= 4 is 27.3 Å². The Balaban J connectivity index is 2.34. The minimum atomic E-state index is -3.38. The Hall–Kier alpha value is -2.48. The van der Waals surface area contributed by atoms with Crippen LogP contribution in [-0.4, -0.2) is 45.6 Å². The number of furan rings is 1. The number of rotatable bonds is 10. The fourth-order valence-electron chi connectivity index (χ4n) is 3.00. The van der Waals surface area contributed by atoms with Crippen molar-refractivity contribution in [3.8, 4) is 0 Å². The minimum Gasteiger partial charge on any atom is -0.459 e. The van der Waals surface area contributed by atoms with E-state index in [1.54, 1.807) is 29.2 Å². The molecule has 0 aliphatic heterocycles. The molecular formula is C20H29N3O4S. The average Bonchev–Trinajstić information content (AvgIpc) is 3.14. The van der Waals surface area contributed by atoms with E-state index in [1.165, 1.54) is 6.26 Å². The third-order valence-electron chi connectivity index (χ3n) is 4.18. The topological polar surface area (TPSA) is 82.9 Å². The summed E-state index contributed by atoms with van der Waals surface area (Å²) in [6, 6.07) is 8.73. The van der Waals surface area contributed by atoms with Crippen LogP contribution in [0.15, 0.2) is 41.0 Å². The molecule has 0 saturated carbocycles. The van der Waals surface area contributed by atoms with E-state index < -0.39 is 10.0 Å². The Morgan fingerprint density at radius 1 is 1.14 bits per heavy atom. The Labute approximate surface area is 167 Å². The molecule has 0 aliphatic rings. The van der Waals surface area contributed by atoms with Crippen molar-refractivity contribution in [1.29, 1.82) is 0 Å². The standard InChI is InChI=1S/C20H29N3O4S/c1-5-11-23(20(24)19-8-7-12-27-19)15-16-14-17(9-10-18(16)22(3)4)21-28(25,26)13-6-2/h7-10,12,14,21H,5-6,11,13,15H2,1-4H3. The van der Waals surface area contributed by atoms with Gasteiger partial charge in [-0.3, -0.25) is 9.52 Å². The number of carbonyl (C=O) groups is 1. The molecule has 2 rings (SSSR count). The third kappa shape index (κ3) is 5.76. The Morgan fingerprint density at radius 2 is 1.89 bits per heavy atom. The van der Waals surface area contributed by atoms with Crippen LogP contribution in [0, 0.1) is 0 Å². The van der Waals surface area contributed by atoms with Crippen molar-refractivity contribution in [3.63, 3.8) is 0 Å². The van der Waals surface area contributed by atoms with Crippen molar-refractivity contribution in [2.75, 3.05) is 36.0 Å². The van der Waals surface area contributed by atoms with Crippen LogP contribution in [-0.2, 0) is 16.6 Å². The number of carbonyl (C=O) groups excluding carboxylic acids is 1. The van der Waals surface area contributed by atoms with Gasteiger partial charge in [0.25, 0.3) is 5.91 Å². The number of nitrogens with one attached hydrogen (secondary N) is 1. The van der Waals surface area contributed by atoms with E-state index >= 15 is 0 Å². The molecule has 0 spiro atoms. The van der Waals surface area contributed by atoms with E-state index in [0.29, 0.717) is 31.0 Å². The van der Waals surface area contributed by atoms with Gasteiger partial charge in [0, 0.05) is 38.6 Å². The van der Waals surface area contributed by atoms with Gasteiger partial charge in [0.15, 0.2) is 5.76 Å². The maximum Gasteiger partial charge on any atom is 0.289 e. The minimum absolute atomic E-state index is 0.0662. The lowest BCUT2D eigenvalue weighted by Gasteiger charge is -2.25. The zero-order valence-electron chi connectivity index (χ0n) is 16.9. The highest BCUT2D eigenvalue weighted by Gasteiger charge is 2.20. The lowest BCUT2D eigenvalue weighted by atomic mass is 10.1. The van der Waals surface area contributed by atoms with Crippen molar-refractivity contribution in [2.24, 2.45) is 0 Å². The zero-order valence-corrected chi connectivity index (χ0v) is 17.8. The molecule has 0 fully saturated rings. The molecule has 28 heavy (non-hydrogen) atoms. The van der Waals surface area contributed by atoms with Gasteiger partial charge >= 0.3 is 0 Å². The fraction of sp³-hybridized carbons (Fsp3) is 0.450. The molecule has 1 N–H and O–H groups in total. The van der Waals surface area contributed by atoms with Crippen LogP contribution in [0.4, 0.5) is 11.4 Å². The SMILES string of the molecule is CCCN(Cc1cc(NS(=O)(=O)CCC)ccc1N(C)C)C(=O)c1ccco1. The van der Waals surface area contributed by atoms with E-state index in [0.717, 1.165) is 17.7 Å². The number of nitrogens with zero attached hydrogens (tertiary/aromatic N) is 2. The summed E-state index contributed by atoms with van der Waals surface area (Å²) in [7, 11) is 0.446. The molecule has 154 valence electrons. The molecule has 0 saturated heterocycles. The lowest BCUT2D eigenvalue weighted by Crippen LogP contribution is -2.31. The normalized spacial score (nSPS) is 11.3. The van der Waals surface area contributed by atoms with Crippen LogP contribution in [0.1, 0.15) is 42.8 Å². The first kappa shape index (κ1) is 21.8. The highest BCUT2D eigenvalue weighted by molar-refractivity contribution is 7.92. The molecule has 0 bridgehead atoms. The maximum absolute atomic E-state index is 12.8. The second kappa shape index (κ2) is 9.64. The molecule has 2 aromatic rings. The first-order valence-electron chi connectivity index (χ1n) is 9.41. The number of sulfonamides is 1. The molecule has 0 radical (unpaired) electrons. The third-order valence-corrected chi connectivity index (χ3v) is 5.67. The molecule has 0 unspecified atom stereocenters. The van der Waals surface area contributed by atoms with Crippen LogP contribution < -0.4 is 9.62 Å². The highest BCUT2D eigenvalue weighted by atomic mass is 32.2. The van der Waals surface area contributed by atoms with Gasteiger partial charge in [-0.1, -0.05) is 13.8 Å². The van der Waals surface area contributed by atoms with Crippen LogP contribution in [0.3, 0.4) is 0 Å². The summed E-state index contributed by atoms with van der Waals surface area (Å²) in [5.41, 5.74) is 2.28. The smallest absolute Gasteiger partial charge is 0.289 e. The highest BCUT2D eigenvalue weighted by Crippen LogP contribution is 2.26. The monoisotopic (exact) mass is 407 g/mol. The summed E-state index contributed by atoms with van der Waals surface area (Å²) in [5.74, 6) is 0.171. The van der Waals surface area contributed by atoms with Gasteiger partial charge in [0.2, 0.25) is 10.0 Å². The summed E-state index contributed by atoms with van der Waals surface area (Å²) in [5, 5.41) is 0. The molecule has 1 amide bonds. The molecule has 8 heteroatoms. The molecule has 1 aromatic heterocycles. The second-order valence-corrected chi connectivity index (χ2v) is 8.70. The molecule has 7 nitrogen and oxygen atoms in total. The Kier molecular flexibility index (Phi) is 7.51. The molecule has 1 heterocycles. The van der Waals surface area contributed by atoms with E-state index in [2.05, 4.69) is 4.72 Å². The van der Waals surface area contributed by atoms with E-state index in [-0.39, 0.29) is 11.7 Å². The number of amides is 1. The molecule has 0 atom stereocenters. The van der Waals surface area contributed by atoms with Crippen molar-refractivity contribution in [1.82, 2.24) is 4.90 Å². The molecule has 0 aliphatic carbocycles. The molecule has 1 aromatic carbocycles. The van der Waals surface area contributed by atoms with Gasteiger partial charge in [-0.25, -0.2) is 8.42 Å². The zero-order chi connectivity index (χ0) is 20.7. The number of hydrogen-bond donors (Lipinski definition) is 1. The largest absolute Gasteiger partial charge is 0.459 e. The van der Waals surface area contributed by atoms with Gasteiger partial charge in [-0.15, -0.1) is 0 Å². The second-order valence-electron chi connectivity index (χ2n) is 6.86. The van der Waals surface area contributed by atoms with Gasteiger partial charge < -0.3 is 14.2 Å².